The van der Waals surface area contributed by atoms with Gasteiger partial charge in [-0.1, -0.05) is 23.2 Å². The molecule has 0 aliphatic carbocycles. The van der Waals surface area contributed by atoms with Crippen LogP contribution in [0.25, 0.3) is 11.4 Å². The van der Waals surface area contributed by atoms with Crippen LogP contribution in [0.15, 0.2) is 30.5 Å². The first-order valence-electron chi connectivity index (χ1n) is 4.58. The van der Waals surface area contributed by atoms with Gasteiger partial charge in [-0.05, 0) is 24.3 Å². The van der Waals surface area contributed by atoms with E-state index in [1.54, 1.807) is 30.5 Å². The van der Waals surface area contributed by atoms with Crippen LogP contribution in [0.5, 0.6) is 0 Å². The number of nitrogens with zero attached hydrogens (tertiary/aromatic N) is 2. The molecule has 0 unspecified atom stereocenters. The standard InChI is InChI=1S/C11H8Cl2N2O/c12-7-1-2-14-10(4-7)11-5-8(13)3-9(6-16)15-11/h1-5,16H,6H2. The molecule has 0 spiro atoms. The molecule has 0 saturated carbocycles. The molecule has 0 radical (unpaired) electrons. The molecule has 82 valence electrons. The second-order valence-electron chi connectivity index (χ2n) is 3.18. The summed E-state index contributed by atoms with van der Waals surface area (Å²) in [6.45, 7) is -0.159. The summed E-state index contributed by atoms with van der Waals surface area (Å²) in [4.78, 5) is 8.35. The molecule has 1 N–H and O–H groups in total. The van der Waals surface area contributed by atoms with Gasteiger partial charge in [0, 0.05) is 16.2 Å². The van der Waals surface area contributed by atoms with E-state index in [2.05, 4.69) is 9.97 Å². The summed E-state index contributed by atoms with van der Waals surface area (Å²) >= 11 is 11.8. The lowest BCUT2D eigenvalue weighted by Gasteiger charge is -2.03. The quantitative estimate of drug-likeness (QED) is 0.897. The second-order valence-corrected chi connectivity index (χ2v) is 4.05. The van der Waals surface area contributed by atoms with E-state index in [1.165, 1.54) is 0 Å². The van der Waals surface area contributed by atoms with Crippen LogP contribution in [-0.2, 0) is 6.61 Å². The first-order valence-corrected chi connectivity index (χ1v) is 5.34. The van der Waals surface area contributed by atoms with Crippen molar-refractivity contribution >= 4 is 23.2 Å². The molecule has 2 aromatic rings. The van der Waals surface area contributed by atoms with E-state index in [1.807, 2.05) is 0 Å². The van der Waals surface area contributed by atoms with E-state index < -0.39 is 0 Å². The highest BCUT2D eigenvalue weighted by molar-refractivity contribution is 6.31. The Bertz CT molecular complexity index is 517. The van der Waals surface area contributed by atoms with Crippen molar-refractivity contribution in [2.24, 2.45) is 0 Å². The summed E-state index contributed by atoms with van der Waals surface area (Å²) in [5.41, 5.74) is 1.73. The third-order valence-corrected chi connectivity index (χ3v) is 2.44. The summed E-state index contributed by atoms with van der Waals surface area (Å²) in [6, 6.07) is 6.67. The smallest absolute Gasteiger partial charge is 0.0905 e. The Labute approximate surface area is 103 Å². The predicted molar refractivity (Wildman–Crippen MR) is 63.4 cm³/mol. The van der Waals surface area contributed by atoms with Crippen molar-refractivity contribution in [1.82, 2.24) is 9.97 Å². The number of aromatic nitrogens is 2. The molecule has 0 amide bonds. The minimum absolute atomic E-state index is 0.159. The van der Waals surface area contributed by atoms with Crippen LogP contribution in [0.1, 0.15) is 5.69 Å². The fourth-order valence-corrected chi connectivity index (χ4v) is 1.70. The highest BCUT2D eigenvalue weighted by Crippen LogP contribution is 2.22. The summed E-state index contributed by atoms with van der Waals surface area (Å²) in [5, 5.41) is 10.1. The van der Waals surface area contributed by atoms with Gasteiger partial charge in [0.25, 0.3) is 0 Å². The average Bonchev–Trinajstić information content (AvgIpc) is 2.28. The van der Waals surface area contributed by atoms with Crippen molar-refractivity contribution < 1.29 is 5.11 Å². The first kappa shape index (κ1) is 11.3. The first-order chi connectivity index (χ1) is 7.69. The summed E-state index contributed by atoms with van der Waals surface area (Å²) in [5.74, 6) is 0. The molecule has 5 heteroatoms. The van der Waals surface area contributed by atoms with Gasteiger partial charge in [-0.2, -0.15) is 0 Å². The number of aliphatic hydroxyl groups excluding tert-OH is 1. The van der Waals surface area contributed by atoms with Crippen LogP contribution in [0.3, 0.4) is 0 Å². The van der Waals surface area contributed by atoms with Crippen molar-refractivity contribution in [2.75, 3.05) is 0 Å². The van der Waals surface area contributed by atoms with Gasteiger partial charge in [0.05, 0.1) is 23.7 Å². The molecule has 3 nitrogen and oxygen atoms in total. The number of rotatable bonds is 2. The van der Waals surface area contributed by atoms with E-state index >= 15 is 0 Å². The summed E-state index contributed by atoms with van der Waals surface area (Å²) < 4.78 is 0. The lowest BCUT2D eigenvalue weighted by atomic mass is 10.2. The van der Waals surface area contributed by atoms with Crippen molar-refractivity contribution in [2.45, 2.75) is 6.61 Å². The number of aliphatic hydroxyl groups is 1. The highest BCUT2D eigenvalue weighted by Gasteiger charge is 2.05. The fraction of sp³-hybridized carbons (Fsp3) is 0.0909. The van der Waals surface area contributed by atoms with Crippen molar-refractivity contribution in [3.8, 4) is 11.4 Å². The number of halogens is 2. The maximum Gasteiger partial charge on any atom is 0.0905 e. The Morgan fingerprint density at radius 1 is 1.06 bits per heavy atom. The van der Waals surface area contributed by atoms with Crippen molar-refractivity contribution in [1.29, 1.82) is 0 Å². The lowest BCUT2D eigenvalue weighted by molar-refractivity contribution is 0.277. The van der Waals surface area contributed by atoms with Crippen LogP contribution < -0.4 is 0 Å². The molecule has 0 fully saturated rings. The van der Waals surface area contributed by atoms with Crippen LogP contribution in [-0.4, -0.2) is 15.1 Å². The van der Waals surface area contributed by atoms with Gasteiger partial charge in [0.15, 0.2) is 0 Å². The molecule has 2 aromatic heterocycles. The number of pyridine rings is 2. The molecule has 2 heterocycles. The van der Waals surface area contributed by atoms with Crippen molar-refractivity contribution in [3.05, 3.63) is 46.2 Å². The van der Waals surface area contributed by atoms with Gasteiger partial charge in [0.1, 0.15) is 0 Å². The van der Waals surface area contributed by atoms with Crippen LogP contribution in [0, 0.1) is 0 Å². The van der Waals surface area contributed by atoms with E-state index in [9.17, 15) is 0 Å². The Morgan fingerprint density at radius 2 is 1.81 bits per heavy atom. The van der Waals surface area contributed by atoms with Gasteiger partial charge < -0.3 is 5.11 Å². The number of hydrogen-bond donors (Lipinski definition) is 1. The third-order valence-electron chi connectivity index (χ3n) is 1.99. The average molecular weight is 255 g/mol. The topological polar surface area (TPSA) is 46.0 Å². The molecule has 0 aliphatic heterocycles. The molecule has 0 bridgehead atoms. The predicted octanol–water partition coefficient (Wildman–Crippen LogP) is 2.94. The lowest BCUT2D eigenvalue weighted by Crippen LogP contribution is -1.93. The minimum atomic E-state index is -0.159. The molecule has 0 aromatic carbocycles. The van der Waals surface area contributed by atoms with E-state index in [0.29, 0.717) is 27.1 Å². The zero-order valence-electron chi connectivity index (χ0n) is 8.19. The van der Waals surface area contributed by atoms with Crippen LogP contribution in [0.2, 0.25) is 10.0 Å². The zero-order chi connectivity index (χ0) is 11.5. The van der Waals surface area contributed by atoms with Crippen LogP contribution in [0.4, 0.5) is 0 Å². The monoisotopic (exact) mass is 254 g/mol. The largest absolute Gasteiger partial charge is 0.390 e. The summed E-state index contributed by atoms with van der Waals surface area (Å²) in [6.07, 6.45) is 1.60. The minimum Gasteiger partial charge on any atom is -0.390 e. The fourth-order valence-electron chi connectivity index (χ4n) is 1.31. The van der Waals surface area contributed by atoms with Gasteiger partial charge in [-0.15, -0.1) is 0 Å². The third kappa shape index (κ3) is 2.50. The van der Waals surface area contributed by atoms with Crippen LogP contribution >= 0.6 is 23.2 Å². The molecule has 0 aliphatic rings. The second kappa shape index (κ2) is 4.78. The molecular weight excluding hydrogens is 247 g/mol. The maximum absolute atomic E-state index is 9.02. The zero-order valence-corrected chi connectivity index (χ0v) is 9.70. The van der Waals surface area contributed by atoms with Gasteiger partial charge in [-0.25, -0.2) is 4.98 Å². The normalized spacial score (nSPS) is 10.4. The van der Waals surface area contributed by atoms with Crippen molar-refractivity contribution in [3.63, 3.8) is 0 Å². The maximum atomic E-state index is 9.02. The highest BCUT2D eigenvalue weighted by atomic mass is 35.5. The molecule has 2 rings (SSSR count). The number of hydrogen-bond acceptors (Lipinski definition) is 3. The Morgan fingerprint density at radius 3 is 2.50 bits per heavy atom. The Kier molecular flexibility index (Phi) is 3.39. The summed E-state index contributed by atoms with van der Waals surface area (Å²) in [7, 11) is 0. The van der Waals surface area contributed by atoms with E-state index in [4.69, 9.17) is 28.3 Å². The van der Waals surface area contributed by atoms with E-state index in [-0.39, 0.29) is 6.61 Å². The molecule has 0 saturated heterocycles. The van der Waals surface area contributed by atoms with Gasteiger partial charge in [0.2, 0.25) is 0 Å². The Hall–Kier alpha value is -1.16. The molecule has 0 atom stereocenters. The van der Waals surface area contributed by atoms with Gasteiger partial charge >= 0.3 is 0 Å². The Balaban J connectivity index is 2.51. The molecule has 16 heavy (non-hydrogen) atoms. The van der Waals surface area contributed by atoms with Gasteiger partial charge in [-0.3, -0.25) is 4.98 Å². The van der Waals surface area contributed by atoms with E-state index in [0.717, 1.165) is 0 Å². The SMILES string of the molecule is OCc1cc(Cl)cc(-c2cc(Cl)ccn2)n1. The molecular formula is C11H8Cl2N2O.